The van der Waals surface area contributed by atoms with Crippen LogP contribution in [0.3, 0.4) is 0 Å². The molecule has 0 bridgehead atoms. The van der Waals surface area contributed by atoms with Crippen molar-refractivity contribution in [2.45, 2.75) is 26.4 Å². The van der Waals surface area contributed by atoms with Crippen LogP contribution < -0.4 is 4.74 Å². The van der Waals surface area contributed by atoms with Gasteiger partial charge in [0.2, 0.25) is 5.91 Å². The lowest BCUT2D eigenvalue weighted by atomic mass is 9.98. The van der Waals surface area contributed by atoms with E-state index in [4.69, 9.17) is 21.1 Å². The number of hydrogen-bond acceptors (Lipinski definition) is 5. The second-order valence-electron chi connectivity index (χ2n) is 8.04. The van der Waals surface area contributed by atoms with E-state index in [0.29, 0.717) is 49.1 Å². The summed E-state index contributed by atoms with van der Waals surface area (Å²) in [5.41, 5.74) is 1.35. The van der Waals surface area contributed by atoms with Crippen LogP contribution in [0.25, 0.3) is 0 Å². The molecule has 1 unspecified atom stereocenters. The van der Waals surface area contributed by atoms with E-state index in [1.807, 2.05) is 18.2 Å². The number of nitrogens with zero attached hydrogens (tertiary/aromatic N) is 2. The topological polar surface area (TPSA) is 76.2 Å². The first-order valence-electron chi connectivity index (χ1n) is 11.0. The SMILES string of the molecule is CCOC(=O)C1CCCN(C(=O)CN(C)C(=O)c2cccc(OCc3cccc(Cl)c3)c2)C1. The Labute approximate surface area is 199 Å². The molecule has 0 radical (unpaired) electrons. The van der Waals surface area contributed by atoms with Crippen LogP contribution in [-0.2, 0) is 20.9 Å². The Morgan fingerprint density at radius 2 is 1.94 bits per heavy atom. The third-order valence-electron chi connectivity index (χ3n) is 5.49. The molecule has 8 heteroatoms. The maximum absolute atomic E-state index is 12.9. The fraction of sp³-hybridized carbons (Fsp3) is 0.400. The number of halogens is 1. The molecule has 2 aromatic rings. The number of ether oxygens (including phenoxy) is 2. The van der Waals surface area contributed by atoms with Crippen LogP contribution in [0, 0.1) is 5.92 Å². The largest absolute Gasteiger partial charge is 0.489 e. The number of likely N-dealkylation sites (N-methyl/N-ethyl adjacent to an activating group) is 1. The van der Waals surface area contributed by atoms with E-state index >= 15 is 0 Å². The van der Waals surface area contributed by atoms with Gasteiger partial charge in [0, 0.05) is 30.7 Å². The lowest BCUT2D eigenvalue weighted by Crippen LogP contribution is -2.47. The van der Waals surface area contributed by atoms with E-state index in [2.05, 4.69) is 0 Å². The van der Waals surface area contributed by atoms with Crippen LogP contribution in [-0.4, -0.2) is 60.9 Å². The molecule has 2 amide bonds. The van der Waals surface area contributed by atoms with Crippen molar-refractivity contribution in [3.63, 3.8) is 0 Å². The van der Waals surface area contributed by atoms with Gasteiger partial charge in [-0.05, 0) is 55.7 Å². The maximum Gasteiger partial charge on any atom is 0.310 e. The molecule has 1 heterocycles. The van der Waals surface area contributed by atoms with Crippen molar-refractivity contribution in [2.24, 2.45) is 5.92 Å². The average molecular weight is 473 g/mol. The first-order chi connectivity index (χ1) is 15.9. The van der Waals surface area contributed by atoms with E-state index < -0.39 is 0 Å². The van der Waals surface area contributed by atoms with Crippen LogP contribution in [0.1, 0.15) is 35.7 Å². The summed E-state index contributed by atoms with van der Waals surface area (Å²) in [4.78, 5) is 40.7. The van der Waals surface area contributed by atoms with Crippen molar-refractivity contribution >= 4 is 29.4 Å². The summed E-state index contributed by atoms with van der Waals surface area (Å²) < 4.78 is 10.9. The number of benzene rings is 2. The molecule has 0 aliphatic carbocycles. The standard InChI is InChI=1S/C25H29ClN2O5/c1-3-32-25(31)20-9-6-12-28(15-20)23(29)16-27(2)24(30)19-8-5-11-22(14-19)33-17-18-7-4-10-21(26)13-18/h4-5,7-8,10-11,13-14,20H,3,6,9,12,15-17H2,1-2H3. The molecule has 1 aliphatic rings. The quantitative estimate of drug-likeness (QED) is 0.546. The average Bonchev–Trinajstić information content (AvgIpc) is 2.82. The zero-order valence-electron chi connectivity index (χ0n) is 19.0. The summed E-state index contributed by atoms with van der Waals surface area (Å²) in [7, 11) is 1.59. The van der Waals surface area contributed by atoms with Gasteiger partial charge in [0.05, 0.1) is 19.1 Å². The lowest BCUT2D eigenvalue weighted by Gasteiger charge is -2.32. The Morgan fingerprint density at radius 3 is 2.70 bits per heavy atom. The van der Waals surface area contributed by atoms with Crippen LogP contribution in [0.2, 0.25) is 5.02 Å². The molecule has 2 aromatic carbocycles. The zero-order valence-corrected chi connectivity index (χ0v) is 19.7. The molecular formula is C25H29ClN2O5. The molecule has 1 saturated heterocycles. The van der Waals surface area contributed by atoms with Gasteiger partial charge in [0.25, 0.3) is 5.91 Å². The number of piperidine rings is 1. The number of likely N-dealkylation sites (tertiary alicyclic amines) is 1. The molecule has 1 fully saturated rings. The van der Waals surface area contributed by atoms with Crippen LogP contribution >= 0.6 is 11.6 Å². The summed E-state index contributed by atoms with van der Waals surface area (Å²) in [6.07, 6.45) is 1.44. The third-order valence-corrected chi connectivity index (χ3v) is 5.72. The summed E-state index contributed by atoms with van der Waals surface area (Å²) in [5, 5.41) is 0.633. The Bertz CT molecular complexity index is 996. The van der Waals surface area contributed by atoms with Crippen molar-refractivity contribution in [2.75, 3.05) is 33.3 Å². The predicted octanol–water partition coefficient (Wildman–Crippen LogP) is 3.79. The fourth-order valence-corrected chi connectivity index (χ4v) is 3.98. The second kappa shape index (κ2) is 11.7. The van der Waals surface area contributed by atoms with Crippen molar-refractivity contribution in [3.8, 4) is 5.75 Å². The van der Waals surface area contributed by atoms with Crippen LogP contribution in [0.5, 0.6) is 5.75 Å². The van der Waals surface area contributed by atoms with Crippen molar-refractivity contribution < 1.29 is 23.9 Å². The van der Waals surface area contributed by atoms with Gasteiger partial charge in [-0.15, -0.1) is 0 Å². The molecular weight excluding hydrogens is 444 g/mol. The highest BCUT2D eigenvalue weighted by Crippen LogP contribution is 2.20. The van der Waals surface area contributed by atoms with Gasteiger partial charge in [-0.2, -0.15) is 0 Å². The van der Waals surface area contributed by atoms with Gasteiger partial charge in [0.15, 0.2) is 0 Å². The predicted molar refractivity (Wildman–Crippen MR) is 125 cm³/mol. The van der Waals surface area contributed by atoms with Gasteiger partial charge >= 0.3 is 5.97 Å². The highest BCUT2D eigenvalue weighted by atomic mass is 35.5. The summed E-state index contributed by atoms with van der Waals surface area (Å²) in [6.45, 7) is 3.24. The van der Waals surface area contributed by atoms with Gasteiger partial charge in [0.1, 0.15) is 12.4 Å². The van der Waals surface area contributed by atoms with E-state index in [0.717, 1.165) is 12.0 Å². The number of rotatable bonds is 8. The van der Waals surface area contributed by atoms with Gasteiger partial charge < -0.3 is 19.3 Å². The number of amides is 2. The first kappa shape index (κ1) is 24.6. The van der Waals surface area contributed by atoms with Crippen molar-refractivity contribution in [1.82, 2.24) is 9.80 Å². The molecule has 0 saturated carbocycles. The van der Waals surface area contributed by atoms with Crippen LogP contribution in [0.15, 0.2) is 48.5 Å². The van der Waals surface area contributed by atoms with Crippen LogP contribution in [0.4, 0.5) is 0 Å². The van der Waals surface area contributed by atoms with Gasteiger partial charge in [-0.3, -0.25) is 14.4 Å². The Balaban J connectivity index is 1.56. The van der Waals surface area contributed by atoms with E-state index in [1.54, 1.807) is 49.2 Å². The minimum absolute atomic E-state index is 0.0675. The summed E-state index contributed by atoms with van der Waals surface area (Å²) in [6, 6.07) is 14.2. The van der Waals surface area contributed by atoms with E-state index in [9.17, 15) is 14.4 Å². The Kier molecular flexibility index (Phi) is 8.72. The molecule has 0 aromatic heterocycles. The maximum atomic E-state index is 12.9. The molecule has 3 rings (SSSR count). The smallest absolute Gasteiger partial charge is 0.310 e. The Morgan fingerprint density at radius 1 is 1.15 bits per heavy atom. The number of esters is 1. The molecule has 176 valence electrons. The highest BCUT2D eigenvalue weighted by Gasteiger charge is 2.30. The van der Waals surface area contributed by atoms with Crippen molar-refractivity contribution in [3.05, 3.63) is 64.7 Å². The Hall–Kier alpha value is -3.06. The van der Waals surface area contributed by atoms with E-state index in [-0.39, 0.29) is 30.2 Å². The minimum Gasteiger partial charge on any atom is -0.489 e. The zero-order chi connectivity index (χ0) is 23.8. The van der Waals surface area contributed by atoms with Crippen molar-refractivity contribution in [1.29, 1.82) is 0 Å². The summed E-state index contributed by atoms with van der Waals surface area (Å²) in [5.74, 6) is -0.497. The molecule has 1 atom stereocenters. The van der Waals surface area contributed by atoms with E-state index in [1.165, 1.54) is 4.90 Å². The minimum atomic E-state index is -0.308. The molecule has 7 nitrogen and oxygen atoms in total. The fourth-order valence-electron chi connectivity index (χ4n) is 3.76. The normalized spacial score (nSPS) is 15.6. The molecule has 0 N–H and O–H groups in total. The first-order valence-corrected chi connectivity index (χ1v) is 11.4. The van der Waals surface area contributed by atoms with Gasteiger partial charge in [-0.1, -0.05) is 29.8 Å². The monoisotopic (exact) mass is 472 g/mol. The molecule has 1 aliphatic heterocycles. The molecule has 0 spiro atoms. The highest BCUT2D eigenvalue weighted by molar-refractivity contribution is 6.30. The number of carbonyl (C=O) groups excluding carboxylic acids is 3. The third kappa shape index (κ3) is 6.96. The van der Waals surface area contributed by atoms with Gasteiger partial charge in [-0.25, -0.2) is 0 Å². The number of hydrogen-bond donors (Lipinski definition) is 0. The summed E-state index contributed by atoms with van der Waals surface area (Å²) >= 11 is 6.00. The molecule has 33 heavy (non-hydrogen) atoms. The lowest BCUT2D eigenvalue weighted by molar-refractivity contribution is -0.151. The second-order valence-corrected chi connectivity index (χ2v) is 8.48. The number of carbonyl (C=O) groups is 3.